The first kappa shape index (κ1) is 11.7. The fourth-order valence-corrected chi connectivity index (χ4v) is 2.63. The van der Waals surface area contributed by atoms with Crippen LogP contribution < -0.4 is 0 Å². The SMILES string of the molecule is CC1CC(c2ccc3ccccc3c2)OC(C)O1. The van der Waals surface area contributed by atoms with Crippen molar-refractivity contribution in [3.05, 3.63) is 48.0 Å². The van der Waals surface area contributed by atoms with E-state index in [2.05, 4.69) is 49.4 Å². The van der Waals surface area contributed by atoms with Gasteiger partial charge in [0.2, 0.25) is 0 Å². The molecule has 0 spiro atoms. The summed E-state index contributed by atoms with van der Waals surface area (Å²) in [6, 6.07) is 15.0. The molecule has 1 heterocycles. The quantitative estimate of drug-likeness (QED) is 0.751. The largest absolute Gasteiger partial charge is 0.350 e. The van der Waals surface area contributed by atoms with E-state index in [9.17, 15) is 0 Å². The highest BCUT2D eigenvalue weighted by atomic mass is 16.7. The summed E-state index contributed by atoms with van der Waals surface area (Å²) in [7, 11) is 0. The topological polar surface area (TPSA) is 18.5 Å². The Morgan fingerprint density at radius 1 is 0.944 bits per heavy atom. The molecule has 1 fully saturated rings. The van der Waals surface area contributed by atoms with Gasteiger partial charge in [0.05, 0.1) is 12.2 Å². The molecule has 1 saturated heterocycles. The highest BCUT2D eigenvalue weighted by molar-refractivity contribution is 5.83. The van der Waals surface area contributed by atoms with E-state index >= 15 is 0 Å². The normalized spacial score (nSPS) is 28.4. The number of benzene rings is 2. The van der Waals surface area contributed by atoms with Crippen molar-refractivity contribution < 1.29 is 9.47 Å². The molecule has 2 heteroatoms. The fraction of sp³-hybridized carbons (Fsp3) is 0.375. The van der Waals surface area contributed by atoms with Gasteiger partial charge >= 0.3 is 0 Å². The van der Waals surface area contributed by atoms with Gasteiger partial charge in [0.15, 0.2) is 6.29 Å². The van der Waals surface area contributed by atoms with Crippen molar-refractivity contribution in [2.24, 2.45) is 0 Å². The Morgan fingerprint density at radius 2 is 1.72 bits per heavy atom. The first-order chi connectivity index (χ1) is 8.72. The van der Waals surface area contributed by atoms with E-state index in [-0.39, 0.29) is 18.5 Å². The molecule has 3 atom stereocenters. The summed E-state index contributed by atoms with van der Waals surface area (Å²) < 4.78 is 11.5. The van der Waals surface area contributed by atoms with Crippen molar-refractivity contribution in [3.8, 4) is 0 Å². The molecule has 0 amide bonds. The van der Waals surface area contributed by atoms with E-state index < -0.39 is 0 Å². The highest BCUT2D eigenvalue weighted by Gasteiger charge is 2.26. The minimum Gasteiger partial charge on any atom is -0.350 e. The molecule has 3 rings (SSSR count). The van der Waals surface area contributed by atoms with E-state index in [1.807, 2.05) is 6.92 Å². The molecule has 2 aromatic rings. The van der Waals surface area contributed by atoms with Gasteiger partial charge in [-0.3, -0.25) is 0 Å². The van der Waals surface area contributed by atoms with Crippen LogP contribution in [0, 0.1) is 0 Å². The molecule has 1 aliphatic heterocycles. The van der Waals surface area contributed by atoms with Crippen LogP contribution in [0.1, 0.15) is 31.9 Å². The predicted molar refractivity (Wildman–Crippen MR) is 72.4 cm³/mol. The molecule has 0 aliphatic carbocycles. The third-order valence-corrected chi connectivity index (χ3v) is 3.47. The van der Waals surface area contributed by atoms with Crippen molar-refractivity contribution in [3.63, 3.8) is 0 Å². The van der Waals surface area contributed by atoms with Crippen LogP contribution in [0.15, 0.2) is 42.5 Å². The maximum atomic E-state index is 5.87. The van der Waals surface area contributed by atoms with E-state index in [0.29, 0.717) is 0 Å². The average Bonchev–Trinajstić information content (AvgIpc) is 2.37. The molecule has 3 unspecified atom stereocenters. The first-order valence-electron chi connectivity index (χ1n) is 6.52. The Morgan fingerprint density at radius 3 is 2.50 bits per heavy atom. The lowest BCUT2D eigenvalue weighted by molar-refractivity contribution is -0.231. The summed E-state index contributed by atoms with van der Waals surface area (Å²) in [4.78, 5) is 0. The summed E-state index contributed by atoms with van der Waals surface area (Å²) in [5.41, 5.74) is 1.25. The standard InChI is InChI=1S/C16H18O2/c1-11-9-16(18-12(2)17-11)15-8-7-13-5-3-4-6-14(13)10-15/h3-8,10-12,16H,9H2,1-2H3. The van der Waals surface area contributed by atoms with Gasteiger partial charge in [0.25, 0.3) is 0 Å². The van der Waals surface area contributed by atoms with Crippen molar-refractivity contribution in [2.45, 2.75) is 38.8 Å². The van der Waals surface area contributed by atoms with E-state index in [4.69, 9.17) is 9.47 Å². The smallest absolute Gasteiger partial charge is 0.155 e. The zero-order valence-electron chi connectivity index (χ0n) is 10.8. The molecule has 2 aromatic carbocycles. The van der Waals surface area contributed by atoms with E-state index in [1.165, 1.54) is 16.3 Å². The maximum absolute atomic E-state index is 5.87. The molecule has 1 aliphatic rings. The minimum absolute atomic E-state index is 0.120. The van der Waals surface area contributed by atoms with Gasteiger partial charge in [-0.1, -0.05) is 36.4 Å². The summed E-state index contributed by atoms with van der Waals surface area (Å²) in [6.07, 6.45) is 1.20. The zero-order valence-corrected chi connectivity index (χ0v) is 10.8. The summed E-state index contributed by atoms with van der Waals surface area (Å²) in [6.45, 7) is 4.07. The van der Waals surface area contributed by atoms with Crippen LogP contribution in [0.5, 0.6) is 0 Å². The van der Waals surface area contributed by atoms with Gasteiger partial charge in [-0.05, 0) is 36.2 Å². The molecule has 0 aromatic heterocycles. The molecule has 2 nitrogen and oxygen atoms in total. The zero-order chi connectivity index (χ0) is 12.5. The van der Waals surface area contributed by atoms with E-state index in [0.717, 1.165) is 6.42 Å². The fourth-order valence-electron chi connectivity index (χ4n) is 2.63. The van der Waals surface area contributed by atoms with Gasteiger partial charge in [0.1, 0.15) is 0 Å². The third kappa shape index (κ3) is 2.26. The lowest BCUT2D eigenvalue weighted by Crippen LogP contribution is -2.30. The minimum atomic E-state index is -0.120. The third-order valence-electron chi connectivity index (χ3n) is 3.47. The molecule has 0 saturated carbocycles. The Balaban J connectivity index is 1.93. The second-order valence-electron chi connectivity index (χ2n) is 4.98. The van der Waals surface area contributed by atoms with Crippen molar-refractivity contribution >= 4 is 10.8 Å². The molecule has 0 radical (unpaired) electrons. The lowest BCUT2D eigenvalue weighted by Gasteiger charge is -2.32. The van der Waals surface area contributed by atoms with Crippen LogP contribution in [0.25, 0.3) is 10.8 Å². The molecular formula is C16H18O2. The van der Waals surface area contributed by atoms with Gasteiger partial charge in [-0.2, -0.15) is 0 Å². The second kappa shape index (κ2) is 4.71. The number of hydrogen-bond donors (Lipinski definition) is 0. The Hall–Kier alpha value is -1.38. The summed E-state index contributed by atoms with van der Waals surface area (Å²) in [5, 5.41) is 2.54. The molecule has 0 bridgehead atoms. The second-order valence-corrected chi connectivity index (χ2v) is 4.98. The van der Waals surface area contributed by atoms with Crippen LogP contribution in [-0.4, -0.2) is 12.4 Å². The van der Waals surface area contributed by atoms with Gasteiger partial charge < -0.3 is 9.47 Å². The number of ether oxygens (including phenoxy) is 2. The molecule has 94 valence electrons. The van der Waals surface area contributed by atoms with Crippen LogP contribution in [0.4, 0.5) is 0 Å². The molecular weight excluding hydrogens is 224 g/mol. The Bertz CT molecular complexity index is 540. The summed E-state index contributed by atoms with van der Waals surface area (Å²) >= 11 is 0. The van der Waals surface area contributed by atoms with Crippen LogP contribution >= 0.6 is 0 Å². The highest BCUT2D eigenvalue weighted by Crippen LogP contribution is 2.32. The predicted octanol–water partition coefficient (Wildman–Crippen LogP) is 4.05. The van der Waals surface area contributed by atoms with Gasteiger partial charge in [0, 0.05) is 6.42 Å². The van der Waals surface area contributed by atoms with Crippen LogP contribution in [-0.2, 0) is 9.47 Å². The Kier molecular flexibility index (Phi) is 3.06. The number of hydrogen-bond acceptors (Lipinski definition) is 2. The monoisotopic (exact) mass is 242 g/mol. The number of fused-ring (bicyclic) bond motifs is 1. The van der Waals surface area contributed by atoms with Crippen molar-refractivity contribution in [2.75, 3.05) is 0 Å². The first-order valence-corrected chi connectivity index (χ1v) is 6.52. The maximum Gasteiger partial charge on any atom is 0.155 e. The lowest BCUT2D eigenvalue weighted by atomic mass is 9.99. The van der Waals surface area contributed by atoms with Gasteiger partial charge in [-0.25, -0.2) is 0 Å². The molecule has 0 N–H and O–H groups in total. The van der Waals surface area contributed by atoms with Crippen molar-refractivity contribution in [1.82, 2.24) is 0 Å². The van der Waals surface area contributed by atoms with E-state index in [1.54, 1.807) is 0 Å². The molecule has 18 heavy (non-hydrogen) atoms. The van der Waals surface area contributed by atoms with Crippen LogP contribution in [0.3, 0.4) is 0 Å². The summed E-state index contributed by atoms with van der Waals surface area (Å²) in [5.74, 6) is 0. The average molecular weight is 242 g/mol. The van der Waals surface area contributed by atoms with Crippen LogP contribution in [0.2, 0.25) is 0 Å². The van der Waals surface area contributed by atoms with Gasteiger partial charge in [-0.15, -0.1) is 0 Å². The van der Waals surface area contributed by atoms with Crippen molar-refractivity contribution in [1.29, 1.82) is 0 Å². The Labute approximate surface area is 108 Å². The number of rotatable bonds is 1.